The van der Waals surface area contributed by atoms with E-state index in [9.17, 15) is 14.4 Å². The van der Waals surface area contributed by atoms with Crippen LogP contribution in [0.1, 0.15) is 252 Å². The molecule has 1 atom stereocenters. The molecule has 6 nitrogen and oxygen atoms in total. The van der Waals surface area contributed by atoms with Gasteiger partial charge in [0.25, 0.3) is 0 Å². The van der Waals surface area contributed by atoms with Crippen molar-refractivity contribution in [3.05, 3.63) is 60.8 Å². The molecular weight excluding hydrogens is 757 g/mol. The van der Waals surface area contributed by atoms with E-state index in [1.165, 1.54) is 122 Å². The van der Waals surface area contributed by atoms with Gasteiger partial charge in [-0.2, -0.15) is 0 Å². The average Bonchev–Trinajstić information content (AvgIpc) is 3.26. The second-order valence-electron chi connectivity index (χ2n) is 17.1. The number of unbranched alkanes of at least 4 members (excludes halogenated alkanes) is 28. The molecule has 61 heavy (non-hydrogen) atoms. The molecule has 6 heteroatoms. The summed E-state index contributed by atoms with van der Waals surface area (Å²) in [7, 11) is 0. The lowest BCUT2D eigenvalue weighted by Crippen LogP contribution is -2.30. The number of ether oxygens (including phenoxy) is 3. The molecule has 0 N–H and O–H groups in total. The van der Waals surface area contributed by atoms with Crippen LogP contribution in [-0.2, 0) is 28.6 Å². The predicted octanol–water partition coefficient (Wildman–Crippen LogP) is 16.9. The number of rotatable bonds is 46. The van der Waals surface area contributed by atoms with E-state index in [4.69, 9.17) is 14.2 Å². The lowest BCUT2D eigenvalue weighted by Gasteiger charge is -2.18. The largest absolute Gasteiger partial charge is 0.462 e. The summed E-state index contributed by atoms with van der Waals surface area (Å²) in [4.78, 5) is 37.9. The van der Waals surface area contributed by atoms with Crippen LogP contribution in [0.2, 0.25) is 0 Å². The van der Waals surface area contributed by atoms with Gasteiger partial charge in [-0.3, -0.25) is 14.4 Å². The van der Waals surface area contributed by atoms with Crippen molar-refractivity contribution in [3.8, 4) is 0 Å². The van der Waals surface area contributed by atoms with E-state index < -0.39 is 6.10 Å². The predicted molar refractivity (Wildman–Crippen MR) is 261 cm³/mol. The standard InChI is InChI=1S/C55H96O6/c1-4-7-10-13-16-19-22-24-26-27-28-30-31-33-36-39-42-45-48-54(57)60-51-52(50-59-53(56)47-44-41-38-35-21-18-15-12-9-6-3)61-55(58)49-46-43-40-37-34-32-29-25-23-20-17-14-11-8-5-2/h8,11,14,17,20,23,25,28-30,52H,4-7,9-10,12-13,15-16,18-19,21-22,24,26-27,31-51H2,1-3H3/b11-8-,17-14-,23-20-,29-25-,30-28-. The number of allylic oxidation sites excluding steroid dienone is 10. The first-order chi connectivity index (χ1) is 30.0. The van der Waals surface area contributed by atoms with Gasteiger partial charge in [0, 0.05) is 19.3 Å². The molecule has 0 spiro atoms. The molecule has 0 bridgehead atoms. The highest BCUT2D eigenvalue weighted by Gasteiger charge is 2.19. The summed E-state index contributed by atoms with van der Waals surface area (Å²) in [5, 5.41) is 0. The minimum Gasteiger partial charge on any atom is -0.462 e. The molecule has 0 aromatic heterocycles. The van der Waals surface area contributed by atoms with Gasteiger partial charge < -0.3 is 14.2 Å². The number of carbonyl (C=O) groups is 3. The van der Waals surface area contributed by atoms with Crippen LogP contribution in [0.25, 0.3) is 0 Å². The molecule has 0 aliphatic carbocycles. The Labute approximate surface area is 377 Å². The topological polar surface area (TPSA) is 78.9 Å². The van der Waals surface area contributed by atoms with Crippen LogP contribution in [0.3, 0.4) is 0 Å². The highest BCUT2D eigenvalue weighted by Crippen LogP contribution is 2.15. The average molecular weight is 853 g/mol. The Bertz CT molecular complexity index is 1120. The van der Waals surface area contributed by atoms with Crippen molar-refractivity contribution in [2.75, 3.05) is 13.2 Å². The van der Waals surface area contributed by atoms with E-state index in [0.29, 0.717) is 19.3 Å². The smallest absolute Gasteiger partial charge is 0.306 e. The van der Waals surface area contributed by atoms with E-state index in [-0.39, 0.29) is 31.1 Å². The van der Waals surface area contributed by atoms with Crippen molar-refractivity contribution in [3.63, 3.8) is 0 Å². The van der Waals surface area contributed by atoms with Gasteiger partial charge in [0.15, 0.2) is 6.10 Å². The van der Waals surface area contributed by atoms with Crippen molar-refractivity contribution in [1.82, 2.24) is 0 Å². The second-order valence-corrected chi connectivity index (χ2v) is 17.1. The van der Waals surface area contributed by atoms with Crippen molar-refractivity contribution in [2.45, 2.75) is 258 Å². The molecular formula is C55H96O6. The van der Waals surface area contributed by atoms with Gasteiger partial charge in [-0.25, -0.2) is 0 Å². The first kappa shape index (κ1) is 58.1. The van der Waals surface area contributed by atoms with E-state index in [0.717, 1.165) is 89.9 Å². The minimum absolute atomic E-state index is 0.0852. The summed E-state index contributed by atoms with van der Waals surface area (Å²) in [6.07, 6.45) is 60.6. The highest BCUT2D eigenvalue weighted by molar-refractivity contribution is 5.71. The quantitative estimate of drug-likeness (QED) is 0.0200. The molecule has 0 amide bonds. The molecule has 0 fully saturated rings. The highest BCUT2D eigenvalue weighted by atomic mass is 16.6. The number of esters is 3. The number of hydrogen-bond donors (Lipinski definition) is 0. The third-order valence-corrected chi connectivity index (χ3v) is 11.1. The summed E-state index contributed by atoms with van der Waals surface area (Å²) < 4.78 is 16.8. The summed E-state index contributed by atoms with van der Waals surface area (Å²) in [6, 6.07) is 0. The lowest BCUT2D eigenvalue weighted by atomic mass is 10.1. The lowest BCUT2D eigenvalue weighted by molar-refractivity contribution is -0.167. The molecule has 0 radical (unpaired) electrons. The van der Waals surface area contributed by atoms with E-state index in [1.54, 1.807) is 0 Å². The van der Waals surface area contributed by atoms with E-state index in [2.05, 4.69) is 63.3 Å². The summed E-state index contributed by atoms with van der Waals surface area (Å²) in [6.45, 7) is 6.47. The summed E-state index contributed by atoms with van der Waals surface area (Å²) >= 11 is 0. The molecule has 0 aliphatic rings. The maximum absolute atomic E-state index is 12.8. The van der Waals surface area contributed by atoms with Crippen LogP contribution in [0.5, 0.6) is 0 Å². The van der Waals surface area contributed by atoms with Crippen LogP contribution in [0.4, 0.5) is 0 Å². The monoisotopic (exact) mass is 853 g/mol. The van der Waals surface area contributed by atoms with Crippen LogP contribution in [0, 0.1) is 0 Å². The molecule has 0 saturated carbocycles. The second kappa shape index (κ2) is 49.8. The third kappa shape index (κ3) is 48.0. The molecule has 0 rings (SSSR count). The van der Waals surface area contributed by atoms with Gasteiger partial charge in [-0.15, -0.1) is 0 Å². The Morgan fingerprint density at radius 3 is 1.05 bits per heavy atom. The molecule has 0 saturated heterocycles. The Hall–Kier alpha value is -2.89. The molecule has 0 aromatic rings. The fourth-order valence-electron chi connectivity index (χ4n) is 7.21. The fourth-order valence-corrected chi connectivity index (χ4v) is 7.21. The molecule has 1 unspecified atom stereocenters. The third-order valence-electron chi connectivity index (χ3n) is 11.1. The van der Waals surface area contributed by atoms with Crippen LogP contribution >= 0.6 is 0 Å². The van der Waals surface area contributed by atoms with Gasteiger partial charge in [-0.05, 0) is 64.2 Å². The molecule has 352 valence electrons. The Morgan fingerprint density at radius 2 is 0.656 bits per heavy atom. The van der Waals surface area contributed by atoms with Crippen molar-refractivity contribution < 1.29 is 28.6 Å². The van der Waals surface area contributed by atoms with Gasteiger partial charge in [0.1, 0.15) is 13.2 Å². The summed E-state index contributed by atoms with van der Waals surface area (Å²) in [5.74, 6) is -0.914. The SMILES string of the molecule is CC\C=C/C=C\C=C/C=C\CCCCCCCC(=O)OC(COC(=O)CCCCCCC/C=C\CCCCCCCCCCC)COC(=O)CCCCCCCCCCCC. The molecule has 0 aromatic carbocycles. The zero-order valence-electron chi connectivity index (χ0n) is 40.2. The van der Waals surface area contributed by atoms with Gasteiger partial charge in [-0.1, -0.05) is 229 Å². The van der Waals surface area contributed by atoms with Crippen LogP contribution in [-0.4, -0.2) is 37.2 Å². The number of carbonyl (C=O) groups excluding carboxylic acids is 3. The first-order valence-electron chi connectivity index (χ1n) is 25.8. The summed E-state index contributed by atoms with van der Waals surface area (Å²) in [5.41, 5.74) is 0. The van der Waals surface area contributed by atoms with Crippen molar-refractivity contribution in [2.24, 2.45) is 0 Å². The Morgan fingerprint density at radius 1 is 0.344 bits per heavy atom. The van der Waals surface area contributed by atoms with Gasteiger partial charge in [0.2, 0.25) is 0 Å². The fraction of sp³-hybridized carbons (Fsp3) is 0.764. The van der Waals surface area contributed by atoms with Crippen molar-refractivity contribution >= 4 is 17.9 Å². The first-order valence-corrected chi connectivity index (χ1v) is 25.8. The van der Waals surface area contributed by atoms with E-state index >= 15 is 0 Å². The molecule has 0 heterocycles. The normalized spacial score (nSPS) is 12.5. The maximum Gasteiger partial charge on any atom is 0.306 e. The van der Waals surface area contributed by atoms with Gasteiger partial charge in [0.05, 0.1) is 0 Å². The Kier molecular flexibility index (Phi) is 47.4. The number of hydrogen-bond acceptors (Lipinski definition) is 6. The van der Waals surface area contributed by atoms with Crippen LogP contribution < -0.4 is 0 Å². The minimum atomic E-state index is -0.786. The zero-order valence-corrected chi connectivity index (χ0v) is 40.2. The zero-order chi connectivity index (χ0) is 44.4. The van der Waals surface area contributed by atoms with Crippen molar-refractivity contribution in [1.29, 1.82) is 0 Å². The Balaban J connectivity index is 4.37. The maximum atomic E-state index is 12.8. The van der Waals surface area contributed by atoms with Gasteiger partial charge >= 0.3 is 17.9 Å². The molecule has 0 aliphatic heterocycles. The van der Waals surface area contributed by atoms with Crippen LogP contribution in [0.15, 0.2) is 60.8 Å². The van der Waals surface area contributed by atoms with E-state index in [1.807, 2.05) is 18.2 Å².